The minimum Gasteiger partial charge on any atom is -0.467 e. The summed E-state index contributed by atoms with van der Waals surface area (Å²) in [6.45, 7) is 3.00. The summed E-state index contributed by atoms with van der Waals surface area (Å²) in [4.78, 5) is 48.4. The second-order valence-electron chi connectivity index (χ2n) is 6.58. The van der Waals surface area contributed by atoms with Gasteiger partial charge in [-0.2, -0.15) is 0 Å². The summed E-state index contributed by atoms with van der Waals surface area (Å²) in [6.07, 6.45) is 7.59. The van der Waals surface area contributed by atoms with Crippen molar-refractivity contribution >= 4 is 23.8 Å². The van der Waals surface area contributed by atoms with Crippen molar-refractivity contribution in [3.05, 3.63) is 59.2 Å². The van der Waals surface area contributed by atoms with Gasteiger partial charge in [-0.15, -0.1) is 0 Å². The lowest BCUT2D eigenvalue weighted by Crippen LogP contribution is -2.40. The van der Waals surface area contributed by atoms with E-state index in [0.717, 1.165) is 5.56 Å². The summed E-state index contributed by atoms with van der Waals surface area (Å²) < 4.78 is 9.23. The number of benzene rings is 1. The first-order valence-electron chi connectivity index (χ1n) is 9.04. The minimum atomic E-state index is -0.848. The largest absolute Gasteiger partial charge is 0.467 e. The number of ether oxygens (including phenoxy) is 2. The molecule has 0 bridgehead atoms. The van der Waals surface area contributed by atoms with E-state index >= 15 is 0 Å². The van der Waals surface area contributed by atoms with E-state index in [9.17, 15) is 19.2 Å². The molecule has 0 heterocycles. The fraction of sp³-hybridized carbons (Fsp3) is 0.333. The molecule has 2 rings (SSSR count). The molecule has 1 aromatic rings. The quantitative estimate of drug-likeness (QED) is 0.671. The summed E-state index contributed by atoms with van der Waals surface area (Å²) in [5.74, 6) is -2.30. The van der Waals surface area contributed by atoms with Crippen molar-refractivity contribution in [2.45, 2.75) is 31.8 Å². The van der Waals surface area contributed by atoms with Crippen LogP contribution in [0.1, 0.15) is 46.0 Å². The fourth-order valence-electron chi connectivity index (χ4n) is 2.79. The van der Waals surface area contributed by atoms with Crippen LogP contribution >= 0.6 is 0 Å². The molecule has 0 saturated carbocycles. The molecule has 2 atom stereocenters. The number of esters is 2. The topological polar surface area (TPSA) is 111 Å². The third-order valence-corrected chi connectivity index (χ3v) is 4.42. The average molecular weight is 400 g/mol. The molecular formula is C21H24N2O6. The maximum absolute atomic E-state index is 12.6. The zero-order valence-electron chi connectivity index (χ0n) is 16.7. The Morgan fingerprint density at radius 3 is 1.59 bits per heavy atom. The number of carbonyl (C=O) groups excluding carboxylic acids is 4. The molecule has 1 aliphatic rings. The maximum Gasteiger partial charge on any atom is 0.328 e. The third-order valence-electron chi connectivity index (χ3n) is 4.42. The first-order valence-corrected chi connectivity index (χ1v) is 9.04. The number of hydrogen-bond acceptors (Lipinski definition) is 6. The van der Waals surface area contributed by atoms with Crippen LogP contribution in [0.2, 0.25) is 0 Å². The molecule has 8 heteroatoms. The van der Waals surface area contributed by atoms with Crippen molar-refractivity contribution < 1.29 is 28.7 Å². The first-order chi connectivity index (χ1) is 13.8. The number of amides is 2. The summed E-state index contributed by atoms with van der Waals surface area (Å²) in [5, 5.41) is 5.09. The maximum atomic E-state index is 12.6. The SMILES string of the molecule is COC(=O)[C@H](C)NC(=O)c1cc(C(=O)N[C@@H](C)C(=O)OC)cc(C2C=CC=C2)c1. The Labute approximate surface area is 168 Å². The summed E-state index contributed by atoms with van der Waals surface area (Å²) in [5.41, 5.74) is 1.15. The molecule has 0 saturated heterocycles. The average Bonchev–Trinajstić information content (AvgIpc) is 3.26. The van der Waals surface area contributed by atoms with Gasteiger partial charge in [-0.05, 0) is 37.6 Å². The predicted molar refractivity (Wildman–Crippen MR) is 105 cm³/mol. The summed E-state index contributed by atoms with van der Waals surface area (Å²) in [7, 11) is 2.46. The highest BCUT2D eigenvalue weighted by atomic mass is 16.5. The van der Waals surface area contributed by atoms with Gasteiger partial charge in [0, 0.05) is 17.0 Å². The molecular weight excluding hydrogens is 376 g/mol. The van der Waals surface area contributed by atoms with Gasteiger partial charge < -0.3 is 20.1 Å². The molecule has 1 aromatic carbocycles. The first kappa shape index (κ1) is 21.9. The third kappa shape index (κ3) is 5.54. The van der Waals surface area contributed by atoms with Gasteiger partial charge >= 0.3 is 11.9 Å². The molecule has 29 heavy (non-hydrogen) atoms. The normalized spacial score (nSPS) is 14.8. The molecule has 0 aliphatic heterocycles. The molecule has 0 aromatic heterocycles. The van der Waals surface area contributed by atoms with Gasteiger partial charge in [-0.3, -0.25) is 9.59 Å². The Hall–Kier alpha value is -3.42. The lowest BCUT2D eigenvalue weighted by Gasteiger charge is -2.16. The van der Waals surface area contributed by atoms with Gasteiger partial charge in [0.25, 0.3) is 11.8 Å². The van der Waals surface area contributed by atoms with E-state index in [-0.39, 0.29) is 17.0 Å². The van der Waals surface area contributed by atoms with Crippen LogP contribution in [-0.4, -0.2) is 50.1 Å². The number of rotatable bonds is 7. The molecule has 1 aliphatic carbocycles. The van der Waals surface area contributed by atoms with E-state index in [0.29, 0.717) is 0 Å². The lowest BCUT2D eigenvalue weighted by atomic mass is 9.95. The van der Waals surface area contributed by atoms with E-state index < -0.39 is 35.8 Å². The van der Waals surface area contributed by atoms with Gasteiger partial charge in [0.2, 0.25) is 0 Å². The van der Waals surface area contributed by atoms with Gasteiger partial charge in [-0.25, -0.2) is 9.59 Å². The van der Waals surface area contributed by atoms with Crippen molar-refractivity contribution in [2.24, 2.45) is 0 Å². The molecule has 2 N–H and O–H groups in total. The van der Waals surface area contributed by atoms with Gasteiger partial charge in [0.15, 0.2) is 0 Å². The Kier molecular flexibility index (Phi) is 7.30. The van der Waals surface area contributed by atoms with E-state index in [2.05, 4.69) is 20.1 Å². The van der Waals surface area contributed by atoms with Crippen molar-refractivity contribution in [1.82, 2.24) is 10.6 Å². The van der Waals surface area contributed by atoms with Crippen LogP contribution < -0.4 is 10.6 Å². The van der Waals surface area contributed by atoms with Crippen LogP contribution in [0.3, 0.4) is 0 Å². The van der Waals surface area contributed by atoms with E-state index in [1.807, 2.05) is 24.3 Å². The molecule has 0 radical (unpaired) electrons. The highest BCUT2D eigenvalue weighted by Gasteiger charge is 2.22. The highest BCUT2D eigenvalue weighted by molar-refractivity contribution is 6.02. The molecule has 8 nitrogen and oxygen atoms in total. The van der Waals surface area contributed by atoms with E-state index in [4.69, 9.17) is 0 Å². The highest BCUT2D eigenvalue weighted by Crippen LogP contribution is 2.25. The van der Waals surface area contributed by atoms with Crippen LogP contribution in [0, 0.1) is 0 Å². The predicted octanol–water partition coefficient (Wildman–Crippen LogP) is 1.48. The van der Waals surface area contributed by atoms with Crippen molar-refractivity contribution in [1.29, 1.82) is 0 Å². The van der Waals surface area contributed by atoms with Crippen LogP contribution in [0.25, 0.3) is 0 Å². The van der Waals surface area contributed by atoms with Crippen LogP contribution in [0.15, 0.2) is 42.5 Å². The number of nitrogens with one attached hydrogen (secondary N) is 2. The van der Waals surface area contributed by atoms with Crippen LogP contribution in [0.4, 0.5) is 0 Å². The van der Waals surface area contributed by atoms with Gasteiger partial charge in [0.05, 0.1) is 14.2 Å². The zero-order valence-corrected chi connectivity index (χ0v) is 16.7. The Morgan fingerprint density at radius 1 is 0.793 bits per heavy atom. The number of carbonyl (C=O) groups is 4. The minimum absolute atomic E-state index is 0.0923. The monoisotopic (exact) mass is 400 g/mol. The van der Waals surface area contributed by atoms with E-state index in [1.54, 1.807) is 12.1 Å². The standard InChI is InChI=1S/C21H24N2O6/c1-12(20(26)28-3)22-18(24)16-9-15(14-7-5-6-8-14)10-17(11-16)19(25)23-13(2)21(27)29-4/h5-14H,1-4H3,(H,22,24)(H,23,25)/t12-,13-/m0/s1. The van der Waals surface area contributed by atoms with Crippen molar-refractivity contribution in [2.75, 3.05) is 14.2 Å². The smallest absolute Gasteiger partial charge is 0.328 e. The molecule has 2 amide bonds. The van der Waals surface area contributed by atoms with Crippen molar-refractivity contribution in [3.63, 3.8) is 0 Å². The second kappa shape index (κ2) is 9.68. The molecule has 0 spiro atoms. The lowest BCUT2D eigenvalue weighted by molar-refractivity contribution is -0.143. The Morgan fingerprint density at radius 2 is 1.21 bits per heavy atom. The van der Waals surface area contributed by atoms with Crippen LogP contribution in [-0.2, 0) is 19.1 Å². The van der Waals surface area contributed by atoms with Crippen LogP contribution in [0.5, 0.6) is 0 Å². The van der Waals surface area contributed by atoms with Gasteiger partial charge in [0.1, 0.15) is 12.1 Å². The van der Waals surface area contributed by atoms with E-state index in [1.165, 1.54) is 34.1 Å². The molecule has 0 unspecified atom stereocenters. The Bertz CT molecular complexity index is 808. The fourth-order valence-corrected chi connectivity index (χ4v) is 2.79. The number of hydrogen-bond donors (Lipinski definition) is 2. The van der Waals surface area contributed by atoms with Gasteiger partial charge in [-0.1, -0.05) is 24.3 Å². The Balaban J connectivity index is 2.33. The summed E-state index contributed by atoms with van der Waals surface area (Å²) >= 11 is 0. The number of methoxy groups -OCH3 is 2. The molecule has 154 valence electrons. The summed E-state index contributed by atoms with van der Waals surface area (Å²) in [6, 6.07) is 3.03. The molecule has 0 fully saturated rings. The number of allylic oxidation sites excluding steroid dienone is 4. The van der Waals surface area contributed by atoms with Crippen molar-refractivity contribution in [3.8, 4) is 0 Å². The zero-order chi connectivity index (χ0) is 21.6. The second-order valence-corrected chi connectivity index (χ2v) is 6.58.